The van der Waals surface area contributed by atoms with Crippen molar-refractivity contribution >= 4 is 0 Å². The molecule has 1 aliphatic rings. The summed E-state index contributed by atoms with van der Waals surface area (Å²) in [7, 11) is 0. The van der Waals surface area contributed by atoms with Gasteiger partial charge >= 0.3 is 0 Å². The number of aryl methyl sites for hydroxylation is 1. The number of hydrogen-bond donors (Lipinski definition) is 1. The molecule has 3 heterocycles. The van der Waals surface area contributed by atoms with E-state index in [-0.39, 0.29) is 11.4 Å². The maximum absolute atomic E-state index is 13.3. The van der Waals surface area contributed by atoms with Gasteiger partial charge in [-0.15, -0.1) is 0 Å². The molecule has 0 unspecified atom stereocenters. The number of H-pyrrole nitrogens is 1. The lowest BCUT2D eigenvalue weighted by Crippen LogP contribution is -2.35. The van der Waals surface area contributed by atoms with Crippen molar-refractivity contribution in [2.24, 2.45) is 0 Å². The van der Waals surface area contributed by atoms with E-state index in [1.54, 1.807) is 18.4 Å². The van der Waals surface area contributed by atoms with Crippen molar-refractivity contribution in [3.63, 3.8) is 0 Å². The molecule has 0 atom stereocenters. The number of aromatic amines is 1. The van der Waals surface area contributed by atoms with Crippen LogP contribution in [0, 0.1) is 12.7 Å². The zero-order valence-electron chi connectivity index (χ0n) is 13.9. The second-order valence-electron chi connectivity index (χ2n) is 6.35. The van der Waals surface area contributed by atoms with Crippen LogP contribution in [0.2, 0.25) is 0 Å². The van der Waals surface area contributed by atoms with E-state index in [9.17, 15) is 9.18 Å². The number of benzene rings is 1. The quantitative estimate of drug-likeness (QED) is 0.797. The van der Waals surface area contributed by atoms with Gasteiger partial charge in [0.15, 0.2) is 11.6 Å². The number of rotatable bonds is 3. The summed E-state index contributed by atoms with van der Waals surface area (Å²) in [6.45, 7) is 3.93. The largest absolute Gasteiger partial charge is 0.461 e. The fourth-order valence-corrected chi connectivity index (χ4v) is 3.22. The third-order valence-corrected chi connectivity index (χ3v) is 4.60. The van der Waals surface area contributed by atoms with Crippen LogP contribution in [-0.4, -0.2) is 21.4 Å². The molecule has 3 aromatic rings. The number of nitrogens with one attached hydrogen (secondary N) is 1. The standard InChI is InChI=1S/C19H18FN3O2/c1-12-9-14(20)5-4-13(12)10-23-7-6-16-15(11-23)19(24)22-18(21-16)17-3-2-8-25-17/h2-5,8-9H,6-7,10-11H2,1H3,(H,21,22,24). The lowest BCUT2D eigenvalue weighted by Gasteiger charge is -2.28. The van der Waals surface area contributed by atoms with Gasteiger partial charge in [-0.2, -0.15) is 0 Å². The van der Waals surface area contributed by atoms with Gasteiger partial charge < -0.3 is 9.40 Å². The Bertz CT molecular complexity index is 963. The molecule has 5 nitrogen and oxygen atoms in total. The molecule has 4 rings (SSSR count). The van der Waals surface area contributed by atoms with Crippen LogP contribution in [0.25, 0.3) is 11.6 Å². The summed E-state index contributed by atoms with van der Waals surface area (Å²) < 4.78 is 18.6. The second-order valence-corrected chi connectivity index (χ2v) is 6.35. The molecule has 6 heteroatoms. The van der Waals surface area contributed by atoms with E-state index in [2.05, 4.69) is 14.9 Å². The molecule has 2 aromatic heterocycles. The highest BCUT2D eigenvalue weighted by Gasteiger charge is 2.22. The zero-order valence-corrected chi connectivity index (χ0v) is 13.9. The van der Waals surface area contributed by atoms with Gasteiger partial charge in [-0.1, -0.05) is 6.07 Å². The summed E-state index contributed by atoms with van der Waals surface area (Å²) in [5.74, 6) is 0.803. The fourth-order valence-electron chi connectivity index (χ4n) is 3.22. The normalized spacial score (nSPS) is 14.5. The summed E-state index contributed by atoms with van der Waals surface area (Å²) in [5, 5.41) is 0. The van der Waals surface area contributed by atoms with Gasteiger partial charge in [0.2, 0.25) is 0 Å². The average molecular weight is 339 g/mol. The summed E-state index contributed by atoms with van der Waals surface area (Å²) in [6.07, 6.45) is 2.26. The summed E-state index contributed by atoms with van der Waals surface area (Å²) in [6, 6.07) is 8.36. The monoisotopic (exact) mass is 339 g/mol. The Morgan fingerprint density at radius 1 is 1.36 bits per heavy atom. The topological polar surface area (TPSA) is 62.1 Å². The van der Waals surface area contributed by atoms with Crippen LogP contribution in [0.3, 0.4) is 0 Å². The highest BCUT2D eigenvalue weighted by Crippen LogP contribution is 2.21. The Balaban J connectivity index is 1.58. The number of halogens is 1. The Labute approximate surface area is 144 Å². The molecule has 0 aliphatic carbocycles. The van der Waals surface area contributed by atoms with Crippen LogP contribution in [0.4, 0.5) is 4.39 Å². The summed E-state index contributed by atoms with van der Waals surface area (Å²) >= 11 is 0. The maximum Gasteiger partial charge on any atom is 0.256 e. The summed E-state index contributed by atoms with van der Waals surface area (Å²) in [5.41, 5.74) is 3.38. The predicted octanol–water partition coefficient (Wildman–Crippen LogP) is 3.04. The van der Waals surface area contributed by atoms with E-state index < -0.39 is 0 Å². The molecule has 0 saturated heterocycles. The molecule has 0 radical (unpaired) electrons. The second kappa shape index (κ2) is 6.29. The fraction of sp³-hybridized carbons (Fsp3) is 0.263. The smallest absolute Gasteiger partial charge is 0.256 e. The van der Waals surface area contributed by atoms with Crippen LogP contribution in [0.5, 0.6) is 0 Å². The number of aromatic nitrogens is 2. The average Bonchev–Trinajstić information content (AvgIpc) is 3.12. The van der Waals surface area contributed by atoms with Crippen molar-refractivity contribution in [1.29, 1.82) is 0 Å². The molecule has 1 aromatic carbocycles. The van der Waals surface area contributed by atoms with Gasteiger partial charge in [-0.05, 0) is 42.3 Å². The van der Waals surface area contributed by atoms with E-state index in [1.165, 1.54) is 12.1 Å². The number of fused-ring (bicyclic) bond motifs is 1. The minimum Gasteiger partial charge on any atom is -0.461 e. The van der Waals surface area contributed by atoms with Gasteiger partial charge in [0.1, 0.15) is 5.82 Å². The van der Waals surface area contributed by atoms with Gasteiger partial charge in [0, 0.05) is 26.1 Å². The van der Waals surface area contributed by atoms with Crippen molar-refractivity contribution in [3.8, 4) is 11.6 Å². The van der Waals surface area contributed by atoms with Crippen LogP contribution >= 0.6 is 0 Å². The third kappa shape index (κ3) is 3.13. The molecule has 1 aliphatic heterocycles. The first-order valence-corrected chi connectivity index (χ1v) is 8.23. The SMILES string of the molecule is Cc1cc(F)ccc1CN1CCc2nc(-c3ccco3)[nH]c(=O)c2C1. The molecule has 1 N–H and O–H groups in total. The Hall–Kier alpha value is -2.73. The molecule has 0 amide bonds. The summed E-state index contributed by atoms with van der Waals surface area (Å²) in [4.78, 5) is 22.0. The van der Waals surface area contributed by atoms with E-state index >= 15 is 0 Å². The molecule has 0 spiro atoms. The van der Waals surface area contributed by atoms with Crippen molar-refractivity contribution in [2.75, 3.05) is 6.54 Å². The molecule has 0 fully saturated rings. The van der Waals surface area contributed by atoms with Crippen LogP contribution in [0.1, 0.15) is 22.4 Å². The Morgan fingerprint density at radius 2 is 2.24 bits per heavy atom. The van der Waals surface area contributed by atoms with Crippen molar-refractivity contribution in [1.82, 2.24) is 14.9 Å². The first kappa shape index (κ1) is 15.8. The van der Waals surface area contributed by atoms with Crippen LogP contribution in [-0.2, 0) is 19.5 Å². The van der Waals surface area contributed by atoms with E-state index in [4.69, 9.17) is 4.42 Å². The van der Waals surface area contributed by atoms with E-state index in [0.717, 1.165) is 23.4 Å². The van der Waals surface area contributed by atoms with Gasteiger partial charge in [0.25, 0.3) is 5.56 Å². The zero-order chi connectivity index (χ0) is 17.4. The lowest BCUT2D eigenvalue weighted by molar-refractivity contribution is 0.241. The molecule has 0 bridgehead atoms. The van der Waals surface area contributed by atoms with Gasteiger partial charge in [-0.25, -0.2) is 9.37 Å². The number of nitrogens with zero attached hydrogens (tertiary/aromatic N) is 2. The van der Waals surface area contributed by atoms with E-state index in [0.29, 0.717) is 36.7 Å². The highest BCUT2D eigenvalue weighted by atomic mass is 19.1. The first-order valence-electron chi connectivity index (χ1n) is 8.23. The minimum atomic E-state index is -0.226. The first-order chi connectivity index (χ1) is 12.1. The van der Waals surface area contributed by atoms with Gasteiger partial charge in [-0.3, -0.25) is 9.69 Å². The van der Waals surface area contributed by atoms with Crippen LogP contribution < -0.4 is 5.56 Å². The lowest BCUT2D eigenvalue weighted by atomic mass is 10.0. The van der Waals surface area contributed by atoms with Crippen molar-refractivity contribution < 1.29 is 8.81 Å². The van der Waals surface area contributed by atoms with Crippen molar-refractivity contribution in [2.45, 2.75) is 26.4 Å². The third-order valence-electron chi connectivity index (χ3n) is 4.60. The number of furan rings is 1. The molecule has 0 saturated carbocycles. The van der Waals surface area contributed by atoms with Crippen molar-refractivity contribution in [3.05, 3.63) is 75.2 Å². The van der Waals surface area contributed by atoms with Gasteiger partial charge in [0.05, 0.1) is 17.5 Å². The maximum atomic E-state index is 13.3. The molecule has 128 valence electrons. The molecular weight excluding hydrogens is 321 g/mol. The molecule has 25 heavy (non-hydrogen) atoms. The molecular formula is C19H18FN3O2. The minimum absolute atomic E-state index is 0.128. The number of hydrogen-bond acceptors (Lipinski definition) is 4. The van der Waals surface area contributed by atoms with Crippen LogP contribution in [0.15, 0.2) is 45.8 Å². The Morgan fingerprint density at radius 3 is 3.00 bits per heavy atom. The van der Waals surface area contributed by atoms with E-state index in [1.807, 2.05) is 13.0 Å². The highest BCUT2D eigenvalue weighted by molar-refractivity contribution is 5.47. The Kier molecular flexibility index (Phi) is 3.97. The predicted molar refractivity (Wildman–Crippen MR) is 91.5 cm³/mol.